The highest BCUT2D eigenvalue weighted by Gasteiger charge is 2.31. The van der Waals surface area contributed by atoms with Crippen molar-refractivity contribution in [2.24, 2.45) is 0 Å². The lowest BCUT2D eigenvalue weighted by molar-refractivity contribution is -0.120. The maximum absolute atomic E-state index is 13.0. The van der Waals surface area contributed by atoms with E-state index in [0.717, 1.165) is 16.5 Å². The molecule has 0 fully saturated rings. The molecular formula is C22H20N6O3. The van der Waals surface area contributed by atoms with Gasteiger partial charge in [0.1, 0.15) is 24.2 Å². The van der Waals surface area contributed by atoms with Crippen LogP contribution in [0.5, 0.6) is 5.75 Å². The Kier molecular flexibility index (Phi) is 4.62. The second-order valence-corrected chi connectivity index (χ2v) is 7.40. The number of carbonyl (C=O) groups excluding carboxylic acids is 2. The van der Waals surface area contributed by atoms with E-state index in [1.54, 1.807) is 7.05 Å². The number of ether oxygens (including phenoxy) is 1. The number of hydrogen-bond donors (Lipinski definition) is 3. The zero-order valence-electron chi connectivity index (χ0n) is 16.8. The minimum absolute atomic E-state index is 0.0130. The van der Waals surface area contributed by atoms with E-state index in [9.17, 15) is 9.59 Å². The summed E-state index contributed by atoms with van der Waals surface area (Å²) in [6.45, 7) is 0.0130. The fourth-order valence-electron chi connectivity index (χ4n) is 3.64. The SMILES string of the molecule is CN1C(=O)C(NC(=O)c2nnc(Cc3ccccc3)[nH]2)COc2cc3[nH]ccc3cc21. The highest BCUT2D eigenvalue weighted by molar-refractivity contribution is 6.04. The van der Waals surface area contributed by atoms with Crippen LogP contribution < -0.4 is 15.0 Å². The van der Waals surface area contributed by atoms with Crippen molar-refractivity contribution in [3.63, 3.8) is 0 Å². The number of likely N-dealkylation sites (N-methyl/N-ethyl adjacent to an activating group) is 1. The van der Waals surface area contributed by atoms with Gasteiger partial charge < -0.3 is 24.9 Å². The molecule has 31 heavy (non-hydrogen) atoms. The van der Waals surface area contributed by atoms with E-state index in [0.29, 0.717) is 23.7 Å². The molecule has 2 aromatic heterocycles. The third-order valence-corrected chi connectivity index (χ3v) is 5.30. The van der Waals surface area contributed by atoms with Crippen LogP contribution in [0.15, 0.2) is 54.7 Å². The minimum atomic E-state index is -0.856. The summed E-state index contributed by atoms with van der Waals surface area (Å²) in [7, 11) is 1.67. The van der Waals surface area contributed by atoms with Gasteiger partial charge in [0.25, 0.3) is 11.8 Å². The van der Waals surface area contributed by atoms with Crippen LogP contribution in [0.1, 0.15) is 22.0 Å². The van der Waals surface area contributed by atoms with Crippen molar-refractivity contribution in [2.45, 2.75) is 12.5 Å². The number of aromatic nitrogens is 4. The fraction of sp³-hybridized carbons (Fsp3) is 0.182. The fourth-order valence-corrected chi connectivity index (χ4v) is 3.64. The van der Waals surface area contributed by atoms with Crippen LogP contribution in [0.2, 0.25) is 0 Å². The van der Waals surface area contributed by atoms with Crippen LogP contribution in [-0.2, 0) is 11.2 Å². The highest BCUT2D eigenvalue weighted by atomic mass is 16.5. The Balaban J connectivity index is 1.31. The molecule has 0 aliphatic carbocycles. The van der Waals surface area contributed by atoms with Crippen molar-refractivity contribution in [2.75, 3.05) is 18.6 Å². The molecular weight excluding hydrogens is 396 g/mol. The zero-order chi connectivity index (χ0) is 21.4. The predicted molar refractivity (Wildman–Crippen MR) is 114 cm³/mol. The topological polar surface area (TPSA) is 116 Å². The highest BCUT2D eigenvalue weighted by Crippen LogP contribution is 2.34. The van der Waals surface area contributed by atoms with Gasteiger partial charge in [0.15, 0.2) is 0 Å². The number of nitrogens with one attached hydrogen (secondary N) is 3. The maximum Gasteiger partial charge on any atom is 0.289 e. The Morgan fingerprint density at radius 2 is 2.06 bits per heavy atom. The number of hydrogen-bond acceptors (Lipinski definition) is 5. The Labute approximate surface area is 177 Å². The average Bonchev–Trinajstić information content (AvgIpc) is 3.42. The summed E-state index contributed by atoms with van der Waals surface area (Å²) < 4.78 is 5.86. The van der Waals surface area contributed by atoms with Gasteiger partial charge in [-0.15, -0.1) is 10.2 Å². The molecule has 1 unspecified atom stereocenters. The molecule has 4 aromatic rings. The molecule has 9 heteroatoms. The first-order chi connectivity index (χ1) is 15.1. The second-order valence-electron chi connectivity index (χ2n) is 7.40. The molecule has 1 atom stereocenters. The van der Waals surface area contributed by atoms with Crippen molar-refractivity contribution in [1.82, 2.24) is 25.5 Å². The lowest BCUT2D eigenvalue weighted by Gasteiger charge is -2.20. The summed E-state index contributed by atoms with van der Waals surface area (Å²) in [5, 5.41) is 11.6. The summed E-state index contributed by atoms with van der Waals surface area (Å²) in [4.78, 5) is 33.2. The van der Waals surface area contributed by atoms with Gasteiger partial charge in [-0.25, -0.2) is 0 Å². The largest absolute Gasteiger partial charge is 0.489 e. The lowest BCUT2D eigenvalue weighted by Crippen LogP contribution is -2.49. The molecule has 1 aliphatic heterocycles. The third kappa shape index (κ3) is 3.61. The summed E-state index contributed by atoms with van der Waals surface area (Å²) in [6, 6.07) is 14.6. The van der Waals surface area contributed by atoms with Gasteiger partial charge in [-0.2, -0.15) is 0 Å². The summed E-state index contributed by atoms with van der Waals surface area (Å²) >= 11 is 0. The number of aromatic amines is 2. The first-order valence-corrected chi connectivity index (χ1v) is 9.86. The van der Waals surface area contributed by atoms with Crippen molar-refractivity contribution in [3.05, 3.63) is 71.9 Å². The molecule has 156 valence electrons. The number of rotatable bonds is 4. The molecule has 2 amide bonds. The van der Waals surface area contributed by atoms with E-state index < -0.39 is 11.9 Å². The van der Waals surface area contributed by atoms with E-state index in [4.69, 9.17) is 4.74 Å². The van der Waals surface area contributed by atoms with E-state index in [2.05, 4.69) is 25.5 Å². The van der Waals surface area contributed by atoms with Gasteiger partial charge in [-0.3, -0.25) is 9.59 Å². The number of benzene rings is 2. The second kappa shape index (κ2) is 7.60. The van der Waals surface area contributed by atoms with Crippen LogP contribution >= 0.6 is 0 Å². The number of carbonyl (C=O) groups is 2. The minimum Gasteiger partial charge on any atom is -0.489 e. The Morgan fingerprint density at radius 1 is 1.23 bits per heavy atom. The molecule has 0 spiro atoms. The Hall–Kier alpha value is -4.14. The van der Waals surface area contributed by atoms with E-state index in [-0.39, 0.29) is 18.3 Å². The molecule has 1 aliphatic rings. The molecule has 0 bridgehead atoms. The van der Waals surface area contributed by atoms with Crippen molar-refractivity contribution < 1.29 is 14.3 Å². The standard InChI is InChI=1S/C22H20N6O3/c1-28-17-10-14-7-8-23-15(14)11-18(17)31-12-16(22(28)30)24-21(29)20-25-19(26-27-20)9-13-5-3-2-4-6-13/h2-8,10-11,16,23H,9,12H2,1H3,(H,24,29)(H,25,26,27). The molecule has 0 saturated heterocycles. The average molecular weight is 416 g/mol. The first-order valence-electron chi connectivity index (χ1n) is 9.86. The van der Waals surface area contributed by atoms with Crippen LogP contribution in [0.3, 0.4) is 0 Å². The van der Waals surface area contributed by atoms with Gasteiger partial charge in [0.05, 0.1) is 5.69 Å². The van der Waals surface area contributed by atoms with E-state index in [1.807, 2.05) is 54.7 Å². The predicted octanol–water partition coefficient (Wildman–Crippen LogP) is 2.03. The smallest absolute Gasteiger partial charge is 0.289 e. The number of nitrogens with zero attached hydrogens (tertiary/aromatic N) is 3. The van der Waals surface area contributed by atoms with Crippen LogP contribution in [0.4, 0.5) is 5.69 Å². The van der Waals surface area contributed by atoms with E-state index >= 15 is 0 Å². The van der Waals surface area contributed by atoms with Gasteiger partial charge >= 0.3 is 0 Å². The Morgan fingerprint density at radius 3 is 2.90 bits per heavy atom. The van der Waals surface area contributed by atoms with Gasteiger partial charge in [-0.05, 0) is 17.7 Å². The quantitative estimate of drug-likeness (QED) is 0.471. The molecule has 3 N–H and O–H groups in total. The number of amides is 2. The van der Waals surface area contributed by atoms with Crippen molar-refractivity contribution in [3.8, 4) is 5.75 Å². The third-order valence-electron chi connectivity index (χ3n) is 5.30. The first kappa shape index (κ1) is 18.9. The molecule has 3 heterocycles. The number of H-pyrrole nitrogens is 2. The molecule has 0 radical (unpaired) electrons. The Bertz CT molecular complexity index is 1260. The monoisotopic (exact) mass is 416 g/mol. The summed E-state index contributed by atoms with van der Waals surface area (Å²) in [5.74, 6) is 0.412. The summed E-state index contributed by atoms with van der Waals surface area (Å²) in [6.07, 6.45) is 2.36. The molecule has 9 nitrogen and oxygen atoms in total. The van der Waals surface area contributed by atoms with Gasteiger partial charge in [0, 0.05) is 36.6 Å². The number of fused-ring (bicyclic) bond motifs is 2. The van der Waals surface area contributed by atoms with E-state index in [1.165, 1.54) is 4.90 Å². The van der Waals surface area contributed by atoms with Crippen LogP contribution in [0, 0.1) is 0 Å². The van der Waals surface area contributed by atoms with Gasteiger partial charge in [-0.1, -0.05) is 30.3 Å². The van der Waals surface area contributed by atoms with Crippen LogP contribution in [0.25, 0.3) is 10.9 Å². The van der Waals surface area contributed by atoms with Gasteiger partial charge in [0.2, 0.25) is 5.82 Å². The normalized spacial score (nSPS) is 16.0. The lowest BCUT2D eigenvalue weighted by atomic mass is 10.1. The van der Waals surface area contributed by atoms with Crippen LogP contribution in [-0.4, -0.2) is 51.7 Å². The number of anilines is 1. The molecule has 5 rings (SSSR count). The van der Waals surface area contributed by atoms with Crippen molar-refractivity contribution >= 4 is 28.4 Å². The maximum atomic E-state index is 13.0. The zero-order valence-corrected chi connectivity index (χ0v) is 16.8. The summed E-state index contributed by atoms with van der Waals surface area (Å²) in [5.41, 5.74) is 2.61. The molecule has 0 saturated carbocycles. The molecule has 2 aromatic carbocycles. The van der Waals surface area contributed by atoms with Crippen molar-refractivity contribution in [1.29, 1.82) is 0 Å².